The minimum atomic E-state index is -4.02. The van der Waals surface area contributed by atoms with Gasteiger partial charge >= 0.3 is 0 Å². The van der Waals surface area contributed by atoms with E-state index in [1.807, 2.05) is 0 Å². The summed E-state index contributed by atoms with van der Waals surface area (Å²) < 4.78 is 61.2. The number of halogens is 3. The van der Waals surface area contributed by atoms with Gasteiger partial charge in [-0.05, 0) is 31.0 Å². The highest BCUT2D eigenvalue weighted by atomic mass is 35.5. The second kappa shape index (κ2) is 6.99. The Hall–Kier alpha value is -1.54. The third kappa shape index (κ3) is 3.69. The van der Waals surface area contributed by atoms with Crippen LogP contribution in [0.2, 0.25) is 5.02 Å². The molecule has 25 heavy (non-hydrogen) atoms. The molecule has 0 atom stereocenters. The van der Waals surface area contributed by atoms with E-state index in [0.29, 0.717) is 0 Å². The Morgan fingerprint density at radius 3 is 2.40 bits per heavy atom. The van der Waals surface area contributed by atoms with Crippen LogP contribution in [0.3, 0.4) is 0 Å². The van der Waals surface area contributed by atoms with Gasteiger partial charge < -0.3 is 4.74 Å². The number of benzene rings is 2. The van der Waals surface area contributed by atoms with Gasteiger partial charge in [0.05, 0.1) is 10.6 Å². The van der Waals surface area contributed by atoms with Gasteiger partial charge in [-0.1, -0.05) is 29.8 Å². The van der Waals surface area contributed by atoms with Gasteiger partial charge in [-0.25, -0.2) is 21.9 Å². The first-order valence-electron chi connectivity index (χ1n) is 7.66. The fourth-order valence-corrected chi connectivity index (χ4v) is 4.96. The van der Waals surface area contributed by atoms with Crippen LogP contribution in [-0.2, 0) is 20.3 Å². The maximum atomic E-state index is 14.4. The fourth-order valence-electron chi connectivity index (χ4n) is 3.00. The number of sulfonamides is 1. The average Bonchev–Trinajstić information content (AvgIpc) is 2.55. The van der Waals surface area contributed by atoms with Crippen molar-refractivity contribution in [2.45, 2.75) is 23.3 Å². The normalized spacial score (nSPS) is 17.4. The van der Waals surface area contributed by atoms with Crippen molar-refractivity contribution in [3.8, 4) is 0 Å². The summed E-state index contributed by atoms with van der Waals surface area (Å²) in [4.78, 5) is -0.0925. The molecule has 2 aromatic carbocycles. The summed E-state index contributed by atoms with van der Waals surface area (Å²) in [5, 5.41) is 0.0665. The Kier molecular flexibility index (Phi) is 5.11. The van der Waals surface area contributed by atoms with Crippen LogP contribution < -0.4 is 4.72 Å². The molecule has 3 rings (SSSR count). The smallest absolute Gasteiger partial charge is 0.242 e. The zero-order valence-corrected chi connectivity index (χ0v) is 14.7. The van der Waals surface area contributed by atoms with Crippen LogP contribution in [0.15, 0.2) is 47.4 Å². The van der Waals surface area contributed by atoms with E-state index in [-0.39, 0.29) is 41.5 Å². The lowest BCUT2D eigenvalue weighted by Crippen LogP contribution is -2.50. The zero-order valence-electron chi connectivity index (χ0n) is 13.1. The van der Waals surface area contributed by atoms with Crippen molar-refractivity contribution in [3.63, 3.8) is 0 Å². The molecule has 1 fully saturated rings. The first kappa shape index (κ1) is 18.3. The van der Waals surface area contributed by atoms with Crippen molar-refractivity contribution in [1.29, 1.82) is 0 Å². The third-order valence-corrected chi connectivity index (χ3v) is 6.29. The minimum absolute atomic E-state index is 0.0665. The van der Waals surface area contributed by atoms with Gasteiger partial charge in [-0.3, -0.25) is 0 Å². The summed E-state index contributed by atoms with van der Waals surface area (Å²) in [6.45, 7) is 0.504. The fraction of sp³-hybridized carbons (Fsp3) is 0.294. The highest BCUT2D eigenvalue weighted by Crippen LogP contribution is 2.36. The van der Waals surface area contributed by atoms with Crippen LogP contribution in [0.25, 0.3) is 0 Å². The van der Waals surface area contributed by atoms with Gasteiger partial charge in [-0.15, -0.1) is 0 Å². The van der Waals surface area contributed by atoms with E-state index in [4.69, 9.17) is 16.3 Å². The van der Waals surface area contributed by atoms with E-state index in [9.17, 15) is 17.2 Å². The summed E-state index contributed by atoms with van der Waals surface area (Å²) >= 11 is 6.00. The molecule has 0 spiro atoms. The van der Waals surface area contributed by atoms with E-state index in [2.05, 4.69) is 4.72 Å². The van der Waals surface area contributed by atoms with Crippen molar-refractivity contribution < 1.29 is 21.9 Å². The summed E-state index contributed by atoms with van der Waals surface area (Å²) in [5.74, 6) is -1.53. The lowest BCUT2D eigenvalue weighted by Gasteiger charge is -2.38. The van der Waals surface area contributed by atoms with E-state index in [0.717, 1.165) is 12.1 Å². The lowest BCUT2D eigenvalue weighted by molar-refractivity contribution is 0.0446. The Bertz CT molecular complexity index is 883. The topological polar surface area (TPSA) is 55.4 Å². The van der Waals surface area contributed by atoms with Crippen molar-refractivity contribution in [3.05, 3.63) is 64.7 Å². The van der Waals surface area contributed by atoms with Crippen molar-refractivity contribution >= 4 is 21.6 Å². The van der Waals surface area contributed by atoms with Crippen LogP contribution in [0.1, 0.15) is 18.4 Å². The van der Waals surface area contributed by atoms with Gasteiger partial charge in [0.1, 0.15) is 16.5 Å². The van der Waals surface area contributed by atoms with Crippen LogP contribution in [0.4, 0.5) is 8.78 Å². The van der Waals surface area contributed by atoms with E-state index in [1.165, 1.54) is 18.2 Å². The molecule has 0 radical (unpaired) electrons. The van der Waals surface area contributed by atoms with Gasteiger partial charge in [-0.2, -0.15) is 0 Å². The second-order valence-corrected chi connectivity index (χ2v) is 7.91. The number of hydrogen-bond acceptors (Lipinski definition) is 3. The Morgan fingerprint density at radius 2 is 1.76 bits per heavy atom. The van der Waals surface area contributed by atoms with E-state index >= 15 is 0 Å². The highest BCUT2D eigenvalue weighted by Gasteiger charge is 2.41. The molecule has 0 bridgehead atoms. The van der Waals surface area contributed by atoms with Crippen LogP contribution in [0, 0.1) is 11.6 Å². The number of nitrogens with one attached hydrogen (secondary N) is 1. The molecule has 4 nitrogen and oxygen atoms in total. The predicted molar refractivity (Wildman–Crippen MR) is 89.9 cm³/mol. The summed E-state index contributed by atoms with van der Waals surface area (Å²) in [5.41, 5.74) is -1.14. The largest absolute Gasteiger partial charge is 0.381 e. The molecule has 134 valence electrons. The van der Waals surface area contributed by atoms with Gasteiger partial charge in [0, 0.05) is 24.8 Å². The molecule has 1 heterocycles. The Morgan fingerprint density at radius 1 is 1.08 bits per heavy atom. The quantitative estimate of drug-likeness (QED) is 0.872. The predicted octanol–water partition coefficient (Wildman–Crippen LogP) is 3.60. The molecule has 0 amide bonds. The minimum Gasteiger partial charge on any atom is -0.381 e. The molecule has 2 aromatic rings. The zero-order chi connectivity index (χ0) is 18.1. The monoisotopic (exact) mass is 387 g/mol. The van der Waals surface area contributed by atoms with Crippen LogP contribution in [-0.4, -0.2) is 21.6 Å². The maximum Gasteiger partial charge on any atom is 0.242 e. The molecule has 0 aromatic heterocycles. The van der Waals surface area contributed by atoms with Crippen molar-refractivity contribution in [1.82, 2.24) is 4.72 Å². The molecular formula is C17H16ClF2NO3S. The standard InChI is InChI=1S/C17H16ClF2NO3S/c18-14-3-1-2-4-16(14)25(22,23)21-17(7-9-24-10-8-17)13-6-5-12(19)11-15(13)20/h1-6,11,21H,7-10H2. The molecule has 1 aliphatic rings. The average molecular weight is 388 g/mol. The van der Waals surface area contributed by atoms with E-state index in [1.54, 1.807) is 12.1 Å². The van der Waals surface area contributed by atoms with Crippen molar-refractivity contribution in [2.75, 3.05) is 13.2 Å². The maximum absolute atomic E-state index is 14.4. The number of hydrogen-bond donors (Lipinski definition) is 1. The number of ether oxygens (including phenoxy) is 1. The van der Waals surface area contributed by atoms with E-state index < -0.39 is 27.2 Å². The van der Waals surface area contributed by atoms with Gasteiger partial charge in [0.2, 0.25) is 10.0 Å². The molecule has 1 aliphatic heterocycles. The van der Waals surface area contributed by atoms with Gasteiger partial charge in [0.15, 0.2) is 0 Å². The third-order valence-electron chi connectivity index (χ3n) is 4.25. The summed E-state index contributed by atoms with van der Waals surface area (Å²) in [6.07, 6.45) is 0.443. The molecule has 1 saturated heterocycles. The molecular weight excluding hydrogens is 372 g/mol. The summed E-state index contributed by atoms with van der Waals surface area (Å²) in [6, 6.07) is 9.13. The molecule has 0 unspecified atom stereocenters. The Labute approximate surface area is 149 Å². The molecule has 1 N–H and O–H groups in total. The van der Waals surface area contributed by atoms with Gasteiger partial charge in [0.25, 0.3) is 0 Å². The first-order valence-corrected chi connectivity index (χ1v) is 9.52. The molecule has 0 saturated carbocycles. The Balaban J connectivity index is 2.06. The highest BCUT2D eigenvalue weighted by molar-refractivity contribution is 7.89. The number of rotatable bonds is 4. The molecule has 8 heteroatoms. The van der Waals surface area contributed by atoms with Crippen molar-refractivity contribution in [2.24, 2.45) is 0 Å². The first-order chi connectivity index (χ1) is 11.8. The van der Waals surface area contributed by atoms with Crippen LogP contribution in [0.5, 0.6) is 0 Å². The SMILES string of the molecule is O=S(=O)(NC1(c2ccc(F)cc2F)CCOCC1)c1ccccc1Cl. The lowest BCUT2D eigenvalue weighted by atomic mass is 9.83. The second-order valence-electron chi connectivity index (χ2n) is 5.85. The molecule has 0 aliphatic carbocycles. The van der Waals surface area contributed by atoms with Crippen LogP contribution >= 0.6 is 11.6 Å². The summed E-state index contributed by atoms with van der Waals surface area (Å²) in [7, 11) is -4.02.